The molecule has 2 aliphatic rings. The van der Waals surface area contributed by atoms with E-state index in [9.17, 15) is 4.79 Å². The summed E-state index contributed by atoms with van der Waals surface area (Å²) in [5.41, 5.74) is -0.405. The van der Waals surface area contributed by atoms with Crippen molar-refractivity contribution < 1.29 is 9.53 Å². The lowest BCUT2D eigenvalue weighted by Crippen LogP contribution is -2.41. The Morgan fingerprint density at radius 2 is 2.12 bits per heavy atom. The van der Waals surface area contributed by atoms with Crippen LogP contribution in [-0.4, -0.2) is 41.8 Å². The van der Waals surface area contributed by atoms with Gasteiger partial charge in [-0.2, -0.15) is 0 Å². The van der Waals surface area contributed by atoms with Crippen molar-refractivity contribution in [2.45, 2.75) is 58.2 Å². The number of amides is 1. The van der Waals surface area contributed by atoms with Crippen molar-refractivity contribution >= 4 is 6.09 Å². The first-order valence-corrected chi connectivity index (χ1v) is 6.61. The number of likely N-dealkylation sites (tertiary alicyclic amines) is 1. The fourth-order valence-corrected chi connectivity index (χ4v) is 2.93. The zero-order chi connectivity index (χ0) is 12.6. The Balaban J connectivity index is 2.00. The molecule has 2 aliphatic heterocycles. The maximum atomic E-state index is 12.1. The van der Waals surface area contributed by atoms with Crippen LogP contribution < -0.4 is 5.32 Å². The second-order valence-electron chi connectivity index (χ2n) is 6.24. The first kappa shape index (κ1) is 12.7. The lowest BCUT2D eigenvalue weighted by atomic mass is 9.89. The molecule has 2 fully saturated rings. The van der Waals surface area contributed by atoms with E-state index in [0.29, 0.717) is 18.0 Å². The van der Waals surface area contributed by atoms with Crippen LogP contribution in [0.5, 0.6) is 0 Å². The molecule has 98 valence electrons. The number of carbonyl (C=O) groups excluding carboxylic acids is 1. The van der Waals surface area contributed by atoms with Gasteiger partial charge in [0.15, 0.2) is 0 Å². The summed E-state index contributed by atoms with van der Waals surface area (Å²) < 4.78 is 5.46. The van der Waals surface area contributed by atoms with Crippen LogP contribution in [0.4, 0.5) is 4.79 Å². The predicted molar refractivity (Wildman–Crippen MR) is 66.9 cm³/mol. The minimum absolute atomic E-state index is 0.166. The van der Waals surface area contributed by atoms with Gasteiger partial charge in [0, 0.05) is 18.6 Å². The average molecular weight is 240 g/mol. The number of piperidine rings is 1. The zero-order valence-electron chi connectivity index (χ0n) is 11.3. The van der Waals surface area contributed by atoms with Crippen LogP contribution in [0.3, 0.4) is 0 Å². The van der Waals surface area contributed by atoms with Crippen molar-refractivity contribution in [2.24, 2.45) is 5.92 Å². The van der Waals surface area contributed by atoms with Gasteiger partial charge >= 0.3 is 6.09 Å². The van der Waals surface area contributed by atoms with Crippen LogP contribution in [-0.2, 0) is 4.74 Å². The molecule has 4 nitrogen and oxygen atoms in total. The maximum Gasteiger partial charge on any atom is 0.410 e. The van der Waals surface area contributed by atoms with Crippen molar-refractivity contribution in [3.05, 3.63) is 0 Å². The predicted octanol–water partition coefficient (Wildman–Crippen LogP) is 1.99. The third-order valence-corrected chi connectivity index (χ3v) is 3.77. The smallest absolute Gasteiger partial charge is 0.410 e. The van der Waals surface area contributed by atoms with Crippen molar-refractivity contribution in [3.8, 4) is 0 Å². The van der Waals surface area contributed by atoms with Crippen LogP contribution in [0.25, 0.3) is 0 Å². The van der Waals surface area contributed by atoms with E-state index in [-0.39, 0.29) is 6.09 Å². The third kappa shape index (κ3) is 2.73. The highest BCUT2D eigenvalue weighted by atomic mass is 16.6. The number of nitrogens with zero attached hydrogens (tertiary/aromatic N) is 1. The van der Waals surface area contributed by atoms with E-state index >= 15 is 0 Å². The summed E-state index contributed by atoms with van der Waals surface area (Å²) in [4.78, 5) is 14.0. The molecule has 0 aromatic carbocycles. The van der Waals surface area contributed by atoms with Crippen LogP contribution in [0.2, 0.25) is 0 Å². The van der Waals surface area contributed by atoms with E-state index in [1.165, 1.54) is 12.8 Å². The van der Waals surface area contributed by atoms with Crippen molar-refractivity contribution in [1.29, 1.82) is 0 Å². The van der Waals surface area contributed by atoms with Gasteiger partial charge in [-0.25, -0.2) is 4.79 Å². The van der Waals surface area contributed by atoms with Crippen LogP contribution in [0.1, 0.15) is 40.5 Å². The van der Waals surface area contributed by atoms with E-state index in [1.54, 1.807) is 0 Å². The maximum absolute atomic E-state index is 12.1. The largest absolute Gasteiger partial charge is 0.444 e. The molecule has 3 atom stereocenters. The topological polar surface area (TPSA) is 41.6 Å². The monoisotopic (exact) mass is 240 g/mol. The van der Waals surface area contributed by atoms with E-state index in [0.717, 1.165) is 13.1 Å². The summed E-state index contributed by atoms with van der Waals surface area (Å²) >= 11 is 0. The normalized spacial score (nSPS) is 33.4. The summed E-state index contributed by atoms with van der Waals surface area (Å²) in [6.45, 7) is 9.75. The molecule has 2 saturated heterocycles. The van der Waals surface area contributed by atoms with E-state index < -0.39 is 5.60 Å². The van der Waals surface area contributed by atoms with E-state index in [1.807, 2.05) is 25.7 Å². The molecule has 1 N–H and O–H groups in total. The molecule has 2 heterocycles. The Morgan fingerprint density at radius 3 is 2.71 bits per heavy atom. The van der Waals surface area contributed by atoms with Gasteiger partial charge in [-0.1, -0.05) is 0 Å². The average Bonchev–Trinajstić information content (AvgIpc) is 2.55. The highest BCUT2D eigenvalue weighted by molar-refractivity contribution is 5.69. The summed E-state index contributed by atoms with van der Waals surface area (Å²) in [5, 5.41) is 3.51. The van der Waals surface area contributed by atoms with Crippen LogP contribution in [0, 0.1) is 5.92 Å². The molecule has 0 radical (unpaired) electrons. The summed E-state index contributed by atoms with van der Waals surface area (Å²) in [5.74, 6) is 0.594. The second-order valence-corrected chi connectivity index (χ2v) is 6.24. The number of fused-ring (bicyclic) bond motifs is 1. The summed E-state index contributed by atoms with van der Waals surface area (Å²) in [6, 6.07) is 0.758. The van der Waals surface area contributed by atoms with Gasteiger partial charge in [0.25, 0.3) is 0 Å². The van der Waals surface area contributed by atoms with Gasteiger partial charge in [-0.3, -0.25) is 0 Å². The molecular weight excluding hydrogens is 216 g/mol. The van der Waals surface area contributed by atoms with E-state index in [2.05, 4.69) is 12.2 Å². The number of nitrogens with one attached hydrogen (secondary N) is 1. The third-order valence-electron chi connectivity index (χ3n) is 3.77. The SMILES string of the molecule is CC1C2CCCNC2CN1C(=O)OC(C)(C)C. The standard InChI is InChI=1S/C13H24N2O2/c1-9-10-6-5-7-14-11(10)8-15(9)12(16)17-13(2,3)4/h9-11,14H,5-8H2,1-4H3. The molecule has 0 aliphatic carbocycles. The van der Waals surface area contributed by atoms with Crippen LogP contribution in [0.15, 0.2) is 0 Å². The minimum atomic E-state index is -0.405. The zero-order valence-corrected chi connectivity index (χ0v) is 11.3. The fraction of sp³-hybridized carbons (Fsp3) is 0.923. The molecule has 0 aromatic rings. The van der Waals surface area contributed by atoms with Crippen LogP contribution >= 0.6 is 0 Å². The Bertz CT molecular complexity index is 298. The molecule has 0 saturated carbocycles. The molecule has 0 aromatic heterocycles. The Kier molecular flexibility index (Phi) is 3.34. The molecule has 17 heavy (non-hydrogen) atoms. The van der Waals surface area contributed by atoms with Crippen molar-refractivity contribution in [1.82, 2.24) is 10.2 Å². The highest BCUT2D eigenvalue weighted by Gasteiger charge is 2.43. The van der Waals surface area contributed by atoms with Gasteiger partial charge in [0.2, 0.25) is 0 Å². The molecule has 2 rings (SSSR count). The first-order valence-electron chi connectivity index (χ1n) is 6.61. The number of hydrogen-bond donors (Lipinski definition) is 1. The number of carbonyl (C=O) groups is 1. The number of rotatable bonds is 0. The van der Waals surface area contributed by atoms with Gasteiger partial charge in [-0.05, 0) is 53.0 Å². The Hall–Kier alpha value is -0.770. The van der Waals surface area contributed by atoms with Gasteiger partial charge in [-0.15, -0.1) is 0 Å². The van der Waals surface area contributed by atoms with E-state index in [4.69, 9.17) is 4.74 Å². The Morgan fingerprint density at radius 1 is 1.41 bits per heavy atom. The lowest BCUT2D eigenvalue weighted by molar-refractivity contribution is 0.0221. The molecule has 1 amide bonds. The van der Waals surface area contributed by atoms with Gasteiger partial charge in [0.1, 0.15) is 5.60 Å². The summed E-state index contributed by atoms with van der Waals surface area (Å²) in [6.07, 6.45) is 2.27. The van der Waals surface area contributed by atoms with Crippen molar-refractivity contribution in [2.75, 3.05) is 13.1 Å². The molecule has 4 heteroatoms. The minimum Gasteiger partial charge on any atom is -0.444 e. The first-order chi connectivity index (χ1) is 7.88. The molecule has 0 spiro atoms. The quantitative estimate of drug-likeness (QED) is 0.704. The molecule has 0 bridgehead atoms. The highest BCUT2D eigenvalue weighted by Crippen LogP contribution is 2.31. The fourth-order valence-electron chi connectivity index (χ4n) is 2.93. The van der Waals surface area contributed by atoms with Gasteiger partial charge < -0.3 is 15.0 Å². The summed E-state index contributed by atoms with van der Waals surface area (Å²) in [7, 11) is 0. The van der Waals surface area contributed by atoms with Crippen molar-refractivity contribution in [3.63, 3.8) is 0 Å². The number of hydrogen-bond acceptors (Lipinski definition) is 3. The molecular formula is C13H24N2O2. The second kappa shape index (κ2) is 4.48. The Labute approximate surface area is 104 Å². The lowest BCUT2D eigenvalue weighted by Gasteiger charge is -2.29. The van der Waals surface area contributed by atoms with Gasteiger partial charge in [0.05, 0.1) is 0 Å². The number of ether oxygens (including phenoxy) is 1. The molecule has 3 unspecified atom stereocenters.